The predicted octanol–water partition coefficient (Wildman–Crippen LogP) is 2.32. The van der Waals surface area contributed by atoms with Gasteiger partial charge in [0.05, 0.1) is 5.56 Å². The van der Waals surface area contributed by atoms with Gasteiger partial charge in [0.25, 0.3) is 5.91 Å². The van der Waals surface area contributed by atoms with E-state index in [1.54, 1.807) is 0 Å². The van der Waals surface area contributed by atoms with Crippen LogP contribution >= 0.6 is 0 Å². The molecule has 0 saturated carbocycles. The van der Waals surface area contributed by atoms with Crippen LogP contribution < -0.4 is 10.1 Å². The molecule has 1 unspecified atom stereocenters. The Kier molecular flexibility index (Phi) is 5.99. The number of aldehydes is 1. The molecule has 1 N–H and O–H groups in total. The van der Waals surface area contributed by atoms with Gasteiger partial charge in [0.1, 0.15) is 0 Å². The number of rotatable bonds is 7. The molecule has 1 aromatic rings. The van der Waals surface area contributed by atoms with Gasteiger partial charge in [-0.15, -0.1) is 0 Å². The molecule has 0 saturated heterocycles. The van der Waals surface area contributed by atoms with Crippen molar-refractivity contribution in [2.75, 3.05) is 6.61 Å². The van der Waals surface area contributed by atoms with E-state index < -0.39 is 5.82 Å². The van der Waals surface area contributed by atoms with Gasteiger partial charge in [0, 0.05) is 6.04 Å². The van der Waals surface area contributed by atoms with Gasteiger partial charge in [-0.1, -0.05) is 19.4 Å². The minimum absolute atomic E-state index is 0.0484. The molecule has 0 spiro atoms. The first-order valence-electron chi connectivity index (χ1n) is 6.24. The highest BCUT2D eigenvalue weighted by atomic mass is 19.1. The fraction of sp³-hybridized carbons (Fsp3) is 0.429. The highest BCUT2D eigenvalue weighted by molar-refractivity contribution is 5.81. The molecule has 1 atom stereocenters. The zero-order valence-corrected chi connectivity index (χ0v) is 11.1. The summed E-state index contributed by atoms with van der Waals surface area (Å²) in [7, 11) is 0. The van der Waals surface area contributed by atoms with E-state index in [2.05, 4.69) is 5.32 Å². The molecule has 1 amide bonds. The van der Waals surface area contributed by atoms with Crippen LogP contribution in [-0.2, 0) is 4.79 Å². The first-order valence-corrected chi connectivity index (χ1v) is 6.24. The van der Waals surface area contributed by atoms with Crippen LogP contribution in [0, 0.1) is 5.82 Å². The maximum atomic E-state index is 13.5. The largest absolute Gasteiger partial charge is 0.480 e. The van der Waals surface area contributed by atoms with Crippen molar-refractivity contribution in [2.24, 2.45) is 0 Å². The molecule has 19 heavy (non-hydrogen) atoms. The van der Waals surface area contributed by atoms with Crippen molar-refractivity contribution in [3.63, 3.8) is 0 Å². The molecule has 0 aliphatic rings. The van der Waals surface area contributed by atoms with Gasteiger partial charge in [-0.3, -0.25) is 9.59 Å². The summed E-state index contributed by atoms with van der Waals surface area (Å²) < 4.78 is 18.5. The molecule has 0 aliphatic heterocycles. The Morgan fingerprint density at radius 3 is 2.89 bits per heavy atom. The SMILES string of the molecule is CCCC(C)NC(=O)COc1c(F)cccc1C=O. The van der Waals surface area contributed by atoms with E-state index in [9.17, 15) is 14.0 Å². The van der Waals surface area contributed by atoms with Gasteiger partial charge in [-0.05, 0) is 25.5 Å². The van der Waals surface area contributed by atoms with Crippen LogP contribution in [0.2, 0.25) is 0 Å². The summed E-state index contributed by atoms with van der Waals surface area (Å²) in [4.78, 5) is 22.3. The highest BCUT2D eigenvalue weighted by Gasteiger charge is 2.12. The van der Waals surface area contributed by atoms with Crippen LogP contribution in [0.4, 0.5) is 4.39 Å². The van der Waals surface area contributed by atoms with Crippen LogP contribution in [0.1, 0.15) is 37.0 Å². The molecule has 0 radical (unpaired) electrons. The minimum atomic E-state index is -0.654. The number of halogens is 1. The second kappa shape index (κ2) is 7.51. The fourth-order valence-electron chi connectivity index (χ4n) is 1.73. The second-order valence-corrected chi connectivity index (χ2v) is 4.32. The fourth-order valence-corrected chi connectivity index (χ4v) is 1.73. The molecule has 5 heteroatoms. The van der Waals surface area contributed by atoms with E-state index >= 15 is 0 Å². The number of benzene rings is 1. The number of para-hydroxylation sites is 1. The Balaban J connectivity index is 2.57. The molecule has 1 aromatic carbocycles. The summed E-state index contributed by atoms with van der Waals surface area (Å²) in [5.41, 5.74) is 0.0920. The van der Waals surface area contributed by atoms with Gasteiger partial charge in [-0.2, -0.15) is 0 Å². The lowest BCUT2D eigenvalue weighted by molar-refractivity contribution is -0.123. The lowest BCUT2D eigenvalue weighted by atomic mass is 10.2. The molecule has 0 fully saturated rings. The Bertz CT molecular complexity index is 448. The maximum Gasteiger partial charge on any atom is 0.258 e. The second-order valence-electron chi connectivity index (χ2n) is 4.32. The average molecular weight is 267 g/mol. The maximum absolute atomic E-state index is 13.5. The van der Waals surface area contributed by atoms with E-state index in [-0.39, 0.29) is 29.9 Å². The average Bonchev–Trinajstić information content (AvgIpc) is 2.37. The molecule has 0 aliphatic carbocycles. The van der Waals surface area contributed by atoms with E-state index in [0.29, 0.717) is 6.29 Å². The van der Waals surface area contributed by atoms with Gasteiger partial charge in [0.2, 0.25) is 0 Å². The molecule has 4 nitrogen and oxygen atoms in total. The summed E-state index contributed by atoms with van der Waals surface area (Å²) in [6, 6.07) is 4.07. The van der Waals surface area contributed by atoms with Crippen molar-refractivity contribution in [1.82, 2.24) is 5.32 Å². The molecule has 0 aromatic heterocycles. The Hall–Kier alpha value is -1.91. The Morgan fingerprint density at radius 1 is 1.53 bits per heavy atom. The van der Waals surface area contributed by atoms with Crippen molar-refractivity contribution in [2.45, 2.75) is 32.7 Å². The van der Waals surface area contributed by atoms with Crippen LogP contribution in [0.3, 0.4) is 0 Å². The number of carbonyl (C=O) groups is 2. The third-order valence-electron chi connectivity index (χ3n) is 2.60. The molecular formula is C14H18FNO3. The number of amides is 1. The third-order valence-corrected chi connectivity index (χ3v) is 2.60. The smallest absolute Gasteiger partial charge is 0.258 e. The number of hydrogen-bond acceptors (Lipinski definition) is 3. The number of carbonyl (C=O) groups excluding carboxylic acids is 2. The summed E-state index contributed by atoms with van der Waals surface area (Å²) in [5.74, 6) is -1.17. The molecule has 0 bridgehead atoms. The standard InChI is InChI=1S/C14H18FNO3/c1-3-5-10(2)16-13(18)9-19-14-11(8-17)6-4-7-12(14)15/h4,6-8,10H,3,5,9H2,1-2H3,(H,16,18). The van der Waals surface area contributed by atoms with Crippen molar-refractivity contribution in [3.8, 4) is 5.75 Å². The highest BCUT2D eigenvalue weighted by Crippen LogP contribution is 2.20. The zero-order valence-electron chi connectivity index (χ0n) is 11.1. The quantitative estimate of drug-likeness (QED) is 0.771. The van der Waals surface area contributed by atoms with Crippen LogP contribution in [0.15, 0.2) is 18.2 Å². The zero-order chi connectivity index (χ0) is 14.3. The minimum Gasteiger partial charge on any atom is -0.480 e. The monoisotopic (exact) mass is 267 g/mol. The van der Waals surface area contributed by atoms with Crippen molar-refractivity contribution in [1.29, 1.82) is 0 Å². The topological polar surface area (TPSA) is 55.4 Å². The van der Waals surface area contributed by atoms with Crippen LogP contribution in [0.25, 0.3) is 0 Å². The summed E-state index contributed by atoms with van der Waals surface area (Å²) in [6.07, 6.45) is 2.33. The normalized spacial score (nSPS) is 11.7. The van der Waals surface area contributed by atoms with Crippen LogP contribution in [-0.4, -0.2) is 24.8 Å². The van der Waals surface area contributed by atoms with Gasteiger partial charge in [0.15, 0.2) is 24.5 Å². The third kappa shape index (κ3) is 4.69. The van der Waals surface area contributed by atoms with Crippen molar-refractivity contribution >= 4 is 12.2 Å². The molecule has 0 heterocycles. The van der Waals surface area contributed by atoms with Crippen LogP contribution in [0.5, 0.6) is 5.75 Å². The number of hydrogen-bond donors (Lipinski definition) is 1. The van der Waals surface area contributed by atoms with Gasteiger partial charge >= 0.3 is 0 Å². The number of nitrogens with one attached hydrogen (secondary N) is 1. The summed E-state index contributed by atoms with van der Waals surface area (Å²) in [6.45, 7) is 3.60. The van der Waals surface area contributed by atoms with E-state index in [4.69, 9.17) is 4.74 Å². The Labute approximate surface area is 112 Å². The predicted molar refractivity (Wildman–Crippen MR) is 69.8 cm³/mol. The van der Waals surface area contributed by atoms with Gasteiger partial charge < -0.3 is 10.1 Å². The van der Waals surface area contributed by atoms with Gasteiger partial charge in [-0.25, -0.2) is 4.39 Å². The number of ether oxygens (including phenoxy) is 1. The lowest BCUT2D eigenvalue weighted by Gasteiger charge is -2.14. The Morgan fingerprint density at radius 2 is 2.26 bits per heavy atom. The molecular weight excluding hydrogens is 249 g/mol. The first kappa shape index (κ1) is 15.1. The van der Waals surface area contributed by atoms with E-state index in [0.717, 1.165) is 12.8 Å². The van der Waals surface area contributed by atoms with E-state index in [1.807, 2.05) is 13.8 Å². The summed E-state index contributed by atoms with van der Waals surface area (Å²) >= 11 is 0. The lowest BCUT2D eigenvalue weighted by Crippen LogP contribution is -2.36. The summed E-state index contributed by atoms with van der Waals surface area (Å²) in [5, 5.41) is 2.73. The molecule has 104 valence electrons. The van der Waals surface area contributed by atoms with Crippen molar-refractivity contribution < 1.29 is 18.7 Å². The molecule has 1 rings (SSSR count). The van der Waals surface area contributed by atoms with Crippen molar-refractivity contribution in [3.05, 3.63) is 29.6 Å². The first-order chi connectivity index (χ1) is 9.08. The van der Waals surface area contributed by atoms with E-state index in [1.165, 1.54) is 18.2 Å².